The van der Waals surface area contributed by atoms with Gasteiger partial charge in [0.05, 0.1) is 11.8 Å². The lowest BCUT2D eigenvalue weighted by atomic mass is 10.2. The molecule has 19 heavy (non-hydrogen) atoms. The first-order valence-electron chi connectivity index (χ1n) is 6.89. The van der Waals surface area contributed by atoms with Crippen LogP contribution in [0, 0.1) is 6.92 Å². The molecule has 0 amide bonds. The molecule has 2 atom stereocenters. The second-order valence-electron chi connectivity index (χ2n) is 5.24. The van der Waals surface area contributed by atoms with Crippen molar-refractivity contribution < 1.29 is 4.74 Å². The van der Waals surface area contributed by atoms with Crippen LogP contribution in [-0.4, -0.2) is 32.5 Å². The Morgan fingerprint density at radius 3 is 2.84 bits per heavy atom. The van der Waals surface area contributed by atoms with E-state index in [0.717, 1.165) is 42.7 Å². The van der Waals surface area contributed by atoms with Crippen molar-refractivity contribution in [2.24, 2.45) is 0 Å². The smallest absolute Gasteiger partial charge is 0.202 e. The van der Waals surface area contributed by atoms with Crippen molar-refractivity contribution in [3.8, 4) is 0 Å². The van der Waals surface area contributed by atoms with E-state index >= 15 is 0 Å². The van der Waals surface area contributed by atoms with Crippen molar-refractivity contribution in [1.29, 1.82) is 0 Å². The van der Waals surface area contributed by atoms with Crippen molar-refractivity contribution in [1.82, 2.24) is 19.3 Å². The normalized spacial score (nSPS) is 23.5. The van der Waals surface area contributed by atoms with E-state index in [1.165, 1.54) is 0 Å². The minimum atomic E-state index is 0.334. The molecule has 0 aromatic carbocycles. The van der Waals surface area contributed by atoms with Gasteiger partial charge in [-0.3, -0.25) is 4.57 Å². The first-order valence-corrected chi connectivity index (χ1v) is 6.89. The molecule has 0 spiro atoms. The third-order valence-corrected chi connectivity index (χ3v) is 4.13. The third kappa shape index (κ3) is 1.82. The minimum Gasteiger partial charge on any atom is -0.381 e. The average Bonchev–Trinajstić information content (AvgIpc) is 3.05. The van der Waals surface area contributed by atoms with Crippen molar-refractivity contribution in [3.63, 3.8) is 0 Å². The zero-order valence-corrected chi connectivity index (χ0v) is 11.8. The Kier molecular flexibility index (Phi) is 2.97. The number of rotatable bonds is 3. The number of nitrogens with zero attached hydrogens (tertiary/aromatic N) is 4. The molecule has 2 heterocycles. The number of nitrogens with two attached hydrogens (primary N) is 1. The Balaban J connectivity index is 2.10. The van der Waals surface area contributed by atoms with Crippen LogP contribution >= 0.6 is 0 Å². The molecule has 3 rings (SSSR count). The molecule has 2 unspecified atom stereocenters. The highest BCUT2D eigenvalue weighted by Gasteiger charge is 2.30. The molecule has 1 saturated carbocycles. The number of imidazole rings is 1. The van der Waals surface area contributed by atoms with Crippen molar-refractivity contribution in [2.45, 2.75) is 51.8 Å². The topological polar surface area (TPSA) is 70.9 Å². The van der Waals surface area contributed by atoms with Gasteiger partial charge in [0, 0.05) is 19.7 Å². The fraction of sp³-hybridized carbons (Fsp3) is 0.692. The molecule has 2 aromatic heterocycles. The Labute approximate surface area is 112 Å². The molecular formula is C13H21N5O. The summed E-state index contributed by atoms with van der Waals surface area (Å²) in [4.78, 5) is 4.49. The zero-order chi connectivity index (χ0) is 13.6. The molecule has 0 saturated heterocycles. The Hall–Kier alpha value is -1.56. The van der Waals surface area contributed by atoms with E-state index < -0.39 is 0 Å². The van der Waals surface area contributed by atoms with Gasteiger partial charge in [-0.15, -0.1) is 0 Å². The number of methoxy groups -OCH3 is 1. The van der Waals surface area contributed by atoms with Gasteiger partial charge >= 0.3 is 0 Å². The SMILES string of the molecule is CCn1nc(C)c2nc(N)n(C3CCC(OC)C3)c21. The molecule has 2 N–H and O–H groups in total. The largest absolute Gasteiger partial charge is 0.381 e. The Morgan fingerprint density at radius 2 is 2.21 bits per heavy atom. The van der Waals surface area contributed by atoms with Gasteiger partial charge in [-0.2, -0.15) is 5.10 Å². The number of nitrogen functional groups attached to an aromatic ring is 1. The van der Waals surface area contributed by atoms with E-state index in [9.17, 15) is 0 Å². The summed E-state index contributed by atoms with van der Waals surface area (Å²) >= 11 is 0. The van der Waals surface area contributed by atoms with Crippen molar-refractivity contribution in [3.05, 3.63) is 5.69 Å². The first kappa shape index (κ1) is 12.5. The van der Waals surface area contributed by atoms with Crippen LogP contribution in [0.5, 0.6) is 0 Å². The molecule has 6 heteroatoms. The maximum absolute atomic E-state index is 6.13. The highest BCUT2D eigenvalue weighted by Crippen LogP contribution is 2.36. The predicted molar refractivity (Wildman–Crippen MR) is 74.0 cm³/mol. The maximum Gasteiger partial charge on any atom is 0.202 e. The fourth-order valence-electron chi connectivity index (χ4n) is 3.15. The van der Waals surface area contributed by atoms with Gasteiger partial charge in [-0.05, 0) is 33.1 Å². The second-order valence-corrected chi connectivity index (χ2v) is 5.24. The number of hydrogen-bond donors (Lipinski definition) is 1. The summed E-state index contributed by atoms with van der Waals surface area (Å²) < 4.78 is 9.60. The van der Waals surface area contributed by atoms with Crippen LogP contribution in [0.15, 0.2) is 0 Å². The number of aryl methyl sites for hydroxylation is 2. The lowest BCUT2D eigenvalue weighted by molar-refractivity contribution is 0.106. The quantitative estimate of drug-likeness (QED) is 0.918. The van der Waals surface area contributed by atoms with Crippen LogP contribution < -0.4 is 5.73 Å². The highest BCUT2D eigenvalue weighted by molar-refractivity contribution is 5.77. The van der Waals surface area contributed by atoms with Crippen LogP contribution in [-0.2, 0) is 11.3 Å². The average molecular weight is 263 g/mol. The van der Waals surface area contributed by atoms with E-state index in [4.69, 9.17) is 10.5 Å². The van der Waals surface area contributed by atoms with E-state index in [2.05, 4.69) is 21.6 Å². The van der Waals surface area contributed by atoms with Crippen LogP contribution in [0.3, 0.4) is 0 Å². The van der Waals surface area contributed by atoms with Gasteiger partial charge in [0.2, 0.25) is 5.95 Å². The van der Waals surface area contributed by atoms with Crippen LogP contribution in [0.1, 0.15) is 37.9 Å². The molecule has 1 fully saturated rings. The number of hydrogen-bond acceptors (Lipinski definition) is 4. The minimum absolute atomic E-state index is 0.334. The highest BCUT2D eigenvalue weighted by atomic mass is 16.5. The third-order valence-electron chi connectivity index (χ3n) is 4.13. The molecule has 1 aliphatic carbocycles. The number of anilines is 1. The van der Waals surface area contributed by atoms with Crippen LogP contribution in [0.4, 0.5) is 5.95 Å². The summed E-state index contributed by atoms with van der Waals surface area (Å²) in [5, 5.41) is 4.53. The molecule has 6 nitrogen and oxygen atoms in total. The summed E-state index contributed by atoms with van der Waals surface area (Å²) in [7, 11) is 1.78. The van der Waals surface area contributed by atoms with Crippen molar-refractivity contribution >= 4 is 17.1 Å². The molecule has 1 aliphatic rings. The number of aromatic nitrogens is 4. The van der Waals surface area contributed by atoms with Crippen LogP contribution in [0.25, 0.3) is 11.2 Å². The second kappa shape index (κ2) is 4.52. The standard InChI is InChI=1S/C13H21N5O/c1-4-17-12-11(8(2)16-17)15-13(14)18(12)9-5-6-10(7-9)19-3/h9-10H,4-7H2,1-3H3,(H2,14,15). The van der Waals surface area contributed by atoms with Gasteiger partial charge in [-0.1, -0.05) is 0 Å². The predicted octanol–water partition coefficient (Wildman–Crippen LogP) is 1.88. The van der Waals surface area contributed by atoms with Gasteiger partial charge in [-0.25, -0.2) is 9.67 Å². The van der Waals surface area contributed by atoms with Gasteiger partial charge in [0.1, 0.15) is 5.52 Å². The lowest BCUT2D eigenvalue weighted by Crippen LogP contribution is -2.14. The lowest BCUT2D eigenvalue weighted by Gasteiger charge is -2.15. The summed E-state index contributed by atoms with van der Waals surface area (Å²) in [5.74, 6) is 0.597. The van der Waals surface area contributed by atoms with Crippen LogP contribution in [0.2, 0.25) is 0 Å². The monoisotopic (exact) mass is 263 g/mol. The molecular weight excluding hydrogens is 242 g/mol. The molecule has 104 valence electrons. The van der Waals surface area contributed by atoms with E-state index in [1.807, 2.05) is 11.6 Å². The number of ether oxygens (including phenoxy) is 1. The van der Waals surface area contributed by atoms with E-state index in [1.54, 1.807) is 7.11 Å². The van der Waals surface area contributed by atoms with Gasteiger partial charge < -0.3 is 10.5 Å². The van der Waals surface area contributed by atoms with E-state index in [0.29, 0.717) is 18.1 Å². The summed E-state index contributed by atoms with van der Waals surface area (Å²) in [6, 6.07) is 0.372. The first-order chi connectivity index (χ1) is 9.15. The zero-order valence-electron chi connectivity index (χ0n) is 11.8. The Bertz CT molecular complexity index is 600. The summed E-state index contributed by atoms with van der Waals surface area (Å²) in [6.45, 7) is 4.90. The maximum atomic E-state index is 6.13. The van der Waals surface area contributed by atoms with Crippen molar-refractivity contribution in [2.75, 3.05) is 12.8 Å². The van der Waals surface area contributed by atoms with Gasteiger partial charge in [0.25, 0.3) is 0 Å². The molecule has 2 aromatic rings. The number of fused-ring (bicyclic) bond motifs is 1. The van der Waals surface area contributed by atoms with E-state index in [-0.39, 0.29) is 0 Å². The fourth-order valence-corrected chi connectivity index (χ4v) is 3.15. The Morgan fingerprint density at radius 1 is 1.42 bits per heavy atom. The summed E-state index contributed by atoms with van der Waals surface area (Å²) in [5.41, 5.74) is 9.06. The molecule has 0 aliphatic heterocycles. The molecule has 0 radical (unpaired) electrons. The summed E-state index contributed by atoms with van der Waals surface area (Å²) in [6.07, 6.45) is 3.50. The molecule has 0 bridgehead atoms. The van der Waals surface area contributed by atoms with Gasteiger partial charge in [0.15, 0.2) is 5.65 Å².